The molecule has 6 aromatic rings. The van der Waals surface area contributed by atoms with Crippen molar-refractivity contribution in [3.63, 3.8) is 0 Å². The number of nitrogens with zero attached hydrogens (tertiary/aromatic N) is 5. The first kappa shape index (κ1) is 36.1. The molecular formula is C35H31ClF2N6O7S. The van der Waals surface area contributed by atoms with Crippen molar-refractivity contribution in [2.75, 3.05) is 24.8 Å². The molecule has 17 heteroatoms. The van der Waals surface area contributed by atoms with Gasteiger partial charge in [0.05, 0.1) is 65.6 Å². The summed E-state index contributed by atoms with van der Waals surface area (Å²) in [5.74, 6) is -1.03. The van der Waals surface area contributed by atoms with Crippen LogP contribution < -0.4 is 24.7 Å². The number of amides is 1. The summed E-state index contributed by atoms with van der Waals surface area (Å²) in [6.07, 6.45) is -0.786. The average Bonchev–Trinajstić information content (AvgIpc) is 3.43. The summed E-state index contributed by atoms with van der Waals surface area (Å²) >= 11 is 6.78. The van der Waals surface area contributed by atoms with E-state index in [4.69, 9.17) is 26.1 Å². The Balaban J connectivity index is 1.64. The van der Waals surface area contributed by atoms with Crippen molar-refractivity contribution in [2.45, 2.75) is 19.0 Å². The molecule has 0 saturated heterocycles. The molecule has 0 aliphatic rings. The molecule has 270 valence electrons. The van der Waals surface area contributed by atoms with Crippen molar-refractivity contribution in [3.8, 4) is 17.2 Å². The van der Waals surface area contributed by atoms with E-state index in [-0.39, 0.29) is 62.7 Å². The maximum Gasteiger partial charge on any atom is 0.405 e. The van der Waals surface area contributed by atoms with Crippen LogP contribution in [0.25, 0.3) is 27.5 Å². The number of rotatable bonds is 11. The van der Waals surface area contributed by atoms with Gasteiger partial charge in [0, 0.05) is 19.5 Å². The van der Waals surface area contributed by atoms with E-state index in [2.05, 4.69) is 10.4 Å². The fraction of sp³-hybridized carbons (Fsp3) is 0.200. The number of methoxy groups -OCH3 is 2. The third kappa shape index (κ3) is 7.07. The minimum Gasteiger partial charge on any atom is -0.497 e. The van der Waals surface area contributed by atoms with Crippen LogP contribution >= 0.6 is 11.6 Å². The quantitative estimate of drug-likeness (QED) is 0.168. The topological polar surface area (TPSA) is 158 Å². The third-order valence-electron chi connectivity index (χ3n) is 8.33. The number of benzene rings is 4. The normalized spacial score (nSPS) is 12.2. The first-order valence-electron chi connectivity index (χ1n) is 15.5. The van der Waals surface area contributed by atoms with Gasteiger partial charge in [-0.2, -0.15) is 5.10 Å². The molecule has 1 atom stereocenters. The summed E-state index contributed by atoms with van der Waals surface area (Å²) in [5.41, 5.74) is 0.519. The highest BCUT2D eigenvalue weighted by molar-refractivity contribution is 7.92. The van der Waals surface area contributed by atoms with Crippen LogP contribution in [0.4, 0.5) is 19.4 Å². The van der Waals surface area contributed by atoms with Crippen LogP contribution in [0.15, 0.2) is 77.6 Å². The van der Waals surface area contributed by atoms with Crippen molar-refractivity contribution in [2.24, 2.45) is 7.05 Å². The summed E-state index contributed by atoms with van der Waals surface area (Å²) in [5, 5.41) is 17.2. The van der Waals surface area contributed by atoms with Crippen LogP contribution in [0.1, 0.15) is 23.0 Å². The number of anilines is 1. The number of fused-ring (bicyclic) bond motifs is 2. The zero-order valence-corrected chi connectivity index (χ0v) is 29.7. The summed E-state index contributed by atoms with van der Waals surface area (Å²) in [4.78, 5) is 31.5. The Morgan fingerprint density at radius 1 is 0.981 bits per heavy atom. The lowest BCUT2D eigenvalue weighted by atomic mass is 10.0. The van der Waals surface area contributed by atoms with Crippen LogP contribution in [0, 0.1) is 11.6 Å². The third-order valence-corrected chi connectivity index (χ3v) is 9.75. The lowest BCUT2D eigenvalue weighted by molar-refractivity contribution is 0.189. The predicted octanol–water partition coefficient (Wildman–Crippen LogP) is 5.74. The average molecular weight is 753 g/mol. The maximum atomic E-state index is 14.6. The molecule has 0 unspecified atom stereocenters. The van der Waals surface area contributed by atoms with Crippen molar-refractivity contribution in [1.29, 1.82) is 0 Å². The van der Waals surface area contributed by atoms with Gasteiger partial charge >= 0.3 is 6.09 Å². The van der Waals surface area contributed by atoms with E-state index in [1.54, 1.807) is 30.3 Å². The second-order valence-electron chi connectivity index (χ2n) is 11.8. The largest absolute Gasteiger partial charge is 0.497 e. The lowest BCUT2D eigenvalue weighted by Crippen LogP contribution is -2.35. The van der Waals surface area contributed by atoms with E-state index in [0.29, 0.717) is 23.1 Å². The molecule has 0 aliphatic heterocycles. The molecular weight excluding hydrogens is 722 g/mol. The monoisotopic (exact) mass is 752 g/mol. The predicted molar refractivity (Wildman–Crippen MR) is 191 cm³/mol. The molecule has 13 nitrogen and oxygen atoms in total. The van der Waals surface area contributed by atoms with Crippen LogP contribution in [-0.2, 0) is 30.0 Å². The first-order chi connectivity index (χ1) is 24.7. The number of ether oxygens (including phenoxy) is 2. The van der Waals surface area contributed by atoms with Crippen LogP contribution in [-0.4, -0.2) is 59.4 Å². The van der Waals surface area contributed by atoms with Gasteiger partial charge in [-0.15, -0.1) is 0 Å². The fourth-order valence-corrected chi connectivity index (χ4v) is 7.10. The van der Waals surface area contributed by atoms with Gasteiger partial charge in [0.2, 0.25) is 10.0 Å². The Labute approximate surface area is 300 Å². The number of carboxylic acid groups (broad SMARTS) is 1. The molecule has 0 fully saturated rings. The Morgan fingerprint density at radius 3 is 2.25 bits per heavy atom. The van der Waals surface area contributed by atoms with Crippen LogP contribution in [0.5, 0.6) is 11.5 Å². The number of hydrogen-bond donors (Lipinski definition) is 2. The molecule has 2 N–H and O–H groups in total. The van der Waals surface area contributed by atoms with E-state index in [1.165, 1.54) is 50.2 Å². The molecule has 6 rings (SSSR count). The summed E-state index contributed by atoms with van der Waals surface area (Å²) in [6.45, 7) is -0.132. The number of halogens is 3. The van der Waals surface area contributed by atoms with Gasteiger partial charge in [0.1, 0.15) is 29.0 Å². The number of aryl methyl sites for hydroxylation is 1. The summed E-state index contributed by atoms with van der Waals surface area (Å²) < 4.78 is 69.3. The van der Waals surface area contributed by atoms with E-state index in [9.17, 15) is 31.9 Å². The van der Waals surface area contributed by atoms with E-state index >= 15 is 0 Å². The van der Waals surface area contributed by atoms with Crippen molar-refractivity contribution in [3.05, 3.63) is 117 Å². The molecule has 0 bridgehead atoms. The van der Waals surface area contributed by atoms with Crippen molar-refractivity contribution in [1.82, 2.24) is 24.6 Å². The highest BCUT2D eigenvalue weighted by Crippen LogP contribution is 2.38. The van der Waals surface area contributed by atoms with E-state index < -0.39 is 39.4 Å². The van der Waals surface area contributed by atoms with Gasteiger partial charge in [-0.3, -0.25) is 14.0 Å². The summed E-state index contributed by atoms with van der Waals surface area (Å²) in [7, 11) is 0.476. The zero-order chi connectivity index (χ0) is 37.5. The number of sulfonamides is 1. The van der Waals surface area contributed by atoms with Gasteiger partial charge in [0.25, 0.3) is 5.56 Å². The molecule has 0 saturated carbocycles. The Kier molecular flexibility index (Phi) is 9.79. The fourth-order valence-electron chi connectivity index (χ4n) is 6.03. The Morgan fingerprint density at radius 2 is 1.63 bits per heavy atom. The standard InChI is InChI=1S/C35H31ClF2N6O7S/c1-42-31-29(12-10-26(36)30(31)33(41-42)43(52(4,48)49)18-19-5-7-23(50-2)8-6-19)44-32(39-27-11-9-24(51-3)17-25(27)34(44)45)28(40-35(46)47)15-20-13-21(37)16-22(38)14-20/h5-14,16-17,28,40H,15,18H2,1-4H3,(H,46,47)/t28-/m0/s1. The van der Waals surface area contributed by atoms with Crippen molar-refractivity contribution < 1.29 is 36.6 Å². The van der Waals surface area contributed by atoms with E-state index in [1.807, 2.05) is 0 Å². The Bertz CT molecular complexity index is 2510. The number of aromatic nitrogens is 4. The minimum atomic E-state index is -3.99. The van der Waals surface area contributed by atoms with Crippen LogP contribution in [0.2, 0.25) is 5.02 Å². The molecule has 1 amide bonds. The second kappa shape index (κ2) is 14.1. The SMILES string of the molecule is COc1ccc(CN(c2nn(C)c3c(-n4c([C@H](Cc5cc(F)cc(F)c5)NC(=O)O)nc5ccc(OC)cc5c4=O)ccc(Cl)c23)S(C)(=O)=O)cc1. The van der Waals surface area contributed by atoms with E-state index in [0.717, 1.165) is 27.3 Å². The highest BCUT2D eigenvalue weighted by atomic mass is 35.5. The molecule has 0 aliphatic carbocycles. The number of hydrogen-bond acceptors (Lipinski definition) is 8. The first-order valence-corrected chi connectivity index (χ1v) is 17.7. The molecule has 0 radical (unpaired) electrons. The minimum absolute atomic E-state index is 0.0388. The number of nitrogens with one attached hydrogen (secondary N) is 1. The molecule has 52 heavy (non-hydrogen) atoms. The zero-order valence-electron chi connectivity index (χ0n) is 28.1. The van der Waals surface area contributed by atoms with Gasteiger partial charge in [-0.25, -0.2) is 31.3 Å². The van der Waals surface area contributed by atoms with Crippen molar-refractivity contribution >= 4 is 55.3 Å². The van der Waals surface area contributed by atoms with Gasteiger partial charge in [-0.1, -0.05) is 23.7 Å². The second-order valence-corrected chi connectivity index (χ2v) is 14.1. The Hall–Kier alpha value is -5.74. The maximum absolute atomic E-state index is 14.6. The molecule has 2 aromatic heterocycles. The molecule has 2 heterocycles. The van der Waals surface area contributed by atoms with Gasteiger partial charge in [-0.05, 0) is 65.7 Å². The van der Waals surface area contributed by atoms with Crippen LogP contribution in [0.3, 0.4) is 0 Å². The molecule has 0 spiro atoms. The highest BCUT2D eigenvalue weighted by Gasteiger charge is 2.30. The van der Waals surface area contributed by atoms with Gasteiger partial charge < -0.3 is 19.9 Å². The van der Waals surface area contributed by atoms with Gasteiger partial charge in [0.15, 0.2) is 5.82 Å². The number of carbonyl (C=O) groups is 1. The smallest absolute Gasteiger partial charge is 0.405 e. The lowest BCUT2D eigenvalue weighted by Gasteiger charge is -2.23. The summed E-state index contributed by atoms with van der Waals surface area (Å²) in [6, 6.07) is 15.7. The molecule has 4 aromatic carbocycles.